The zero-order valence-corrected chi connectivity index (χ0v) is 6.58. The molecule has 0 aliphatic rings. The van der Waals surface area contributed by atoms with E-state index in [1.54, 1.807) is 19.1 Å². The Morgan fingerprint density at radius 3 is 2.91 bits per heavy atom. The van der Waals surface area contributed by atoms with Gasteiger partial charge in [0.15, 0.2) is 0 Å². The molecule has 1 N–H and O–H groups in total. The highest BCUT2D eigenvalue weighted by Gasteiger charge is 2.04. The van der Waals surface area contributed by atoms with Crippen molar-refractivity contribution in [3.8, 4) is 0 Å². The third kappa shape index (κ3) is 1.95. The minimum Gasteiger partial charge on any atom is -0.463 e. The average molecular weight is 152 g/mol. The lowest BCUT2D eigenvalue weighted by atomic mass is 10.3. The molecule has 2 nitrogen and oxygen atoms in total. The van der Waals surface area contributed by atoms with Crippen molar-refractivity contribution in [1.82, 2.24) is 0 Å². The van der Waals surface area contributed by atoms with Gasteiger partial charge in [0.2, 0.25) is 0 Å². The third-order valence-corrected chi connectivity index (χ3v) is 1.44. The molecule has 11 heavy (non-hydrogen) atoms. The van der Waals surface area contributed by atoms with Gasteiger partial charge in [-0.05, 0) is 19.1 Å². The van der Waals surface area contributed by atoms with Crippen LogP contribution in [0.3, 0.4) is 0 Å². The van der Waals surface area contributed by atoms with Crippen LogP contribution in [0.2, 0.25) is 0 Å². The molecule has 0 unspecified atom stereocenters. The highest BCUT2D eigenvalue weighted by atomic mass is 16.4. The van der Waals surface area contributed by atoms with Gasteiger partial charge >= 0.3 is 0 Å². The second kappa shape index (κ2) is 3.39. The Balaban J connectivity index is 2.73. The lowest BCUT2D eigenvalue weighted by molar-refractivity contribution is 0.167. The van der Waals surface area contributed by atoms with E-state index in [0.717, 1.165) is 5.76 Å². The van der Waals surface area contributed by atoms with Crippen molar-refractivity contribution in [2.24, 2.45) is 0 Å². The number of aliphatic hydroxyl groups is 1. The van der Waals surface area contributed by atoms with E-state index in [1.807, 2.05) is 6.07 Å². The number of hydrogen-bond acceptors (Lipinski definition) is 2. The Morgan fingerprint density at radius 1 is 1.73 bits per heavy atom. The molecule has 2 heteroatoms. The van der Waals surface area contributed by atoms with Gasteiger partial charge in [0, 0.05) is 6.42 Å². The average Bonchev–Trinajstić information content (AvgIpc) is 2.37. The molecule has 1 heterocycles. The van der Waals surface area contributed by atoms with Crippen molar-refractivity contribution in [2.45, 2.75) is 19.4 Å². The summed E-state index contributed by atoms with van der Waals surface area (Å²) in [6.45, 7) is 5.26. The van der Waals surface area contributed by atoms with Gasteiger partial charge in [0.25, 0.3) is 0 Å². The lowest BCUT2D eigenvalue weighted by Crippen LogP contribution is -1.85. The van der Waals surface area contributed by atoms with Crippen molar-refractivity contribution >= 4 is 0 Å². The fourth-order valence-electron chi connectivity index (χ4n) is 0.871. The molecule has 60 valence electrons. The van der Waals surface area contributed by atoms with Crippen LogP contribution < -0.4 is 0 Å². The largest absolute Gasteiger partial charge is 0.463 e. The molecular weight excluding hydrogens is 140 g/mol. The number of hydrogen-bond donors (Lipinski definition) is 1. The molecule has 1 atom stereocenters. The summed E-state index contributed by atoms with van der Waals surface area (Å²) in [5.41, 5.74) is 0. The minimum absolute atomic E-state index is 0.520. The number of aliphatic hydroxyl groups excluding tert-OH is 1. The van der Waals surface area contributed by atoms with Crippen LogP contribution in [0, 0.1) is 0 Å². The SMILES string of the molecule is C=CCc1ccc([C@@H](C)O)o1. The van der Waals surface area contributed by atoms with Gasteiger partial charge in [-0.1, -0.05) is 6.08 Å². The van der Waals surface area contributed by atoms with Crippen LogP contribution in [0.1, 0.15) is 24.5 Å². The molecule has 0 amide bonds. The van der Waals surface area contributed by atoms with Crippen LogP contribution in [-0.4, -0.2) is 5.11 Å². The summed E-state index contributed by atoms with van der Waals surface area (Å²) >= 11 is 0. The first-order chi connectivity index (χ1) is 5.24. The molecule has 0 radical (unpaired) electrons. The van der Waals surface area contributed by atoms with Crippen molar-refractivity contribution < 1.29 is 9.52 Å². The van der Waals surface area contributed by atoms with Crippen LogP contribution in [0.5, 0.6) is 0 Å². The van der Waals surface area contributed by atoms with E-state index in [4.69, 9.17) is 9.52 Å². The van der Waals surface area contributed by atoms with Gasteiger partial charge in [-0.2, -0.15) is 0 Å². The predicted molar refractivity (Wildman–Crippen MR) is 43.2 cm³/mol. The number of rotatable bonds is 3. The van der Waals surface area contributed by atoms with Crippen molar-refractivity contribution in [3.05, 3.63) is 36.3 Å². The molecule has 0 aromatic carbocycles. The fourth-order valence-corrected chi connectivity index (χ4v) is 0.871. The first-order valence-electron chi connectivity index (χ1n) is 3.61. The van der Waals surface area contributed by atoms with E-state index in [2.05, 4.69) is 6.58 Å². The molecule has 0 fully saturated rings. The molecule has 0 spiro atoms. The molecule has 1 rings (SSSR count). The van der Waals surface area contributed by atoms with Crippen LogP contribution >= 0.6 is 0 Å². The Morgan fingerprint density at radius 2 is 2.45 bits per heavy atom. The molecule has 0 saturated carbocycles. The van der Waals surface area contributed by atoms with Gasteiger partial charge in [-0.3, -0.25) is 0 Å². The second-order valence-electron chi connectivity index (χ2n) is 2.47. The maximum absolute atomic E-state index is 9.09. The van der Waals surface area contributed by atoms with E-state index < -0.39 is 6.10 Å². The van der Waals surface area contributed by atoms with Crippen LogP contribution in [-0.2, 0) is 6.42 Å². The topological polar surface area (TPSA) is 33.4 Å². The van der Waals surface area contributed by atoms with Crippen LogP contribution in [0.25, 0.3) is 0 Å². The second-order valence-corrected chi connectivity index (χ2v) is 2.47. The molecular formula is C9H12O2. The Labute approximate surface area is 66.2 Å². The summed E-state index contributed by atoms with van der Waals surface area (Å²) in [5.74, 6) is 1.46. The zero-order valence-electron chi connectivity index (χ0n) is 6.58. The van der Waals surface area contributed by atoms with Gasteiger partial charge in [-0.15, -0.1) is 6.58 Å². The van der Waals surface area contributed by atoms with Gasteiger partial charge in [0.05, 0.1) is 0 Å². The summed E-state index contributed by atoms with van der Waals surface area (Å²) in [7, 11) is 0. The minimum atomic E-state index is -0.520. The number of allylic oxidation sites excluding steroid dienone is 1. The summed E-state index contributed by atoms with van der Waals surface area (Å²) in [5, 5.41) is 9.09. The molecule has 0 aliphatic heterocycles. The highest BCUT2D eigenvalue weighted by molar-refractivity contribution is 5.10. The monoisotopic (exact) mass is 152 g/mol. The quantitative estimate of drug-likeness (QED) is 0.672. The Kier molecular flexibility index (Phi) is 2.49. The summed E-state index contributed by atoms with van der Waals surface area (Å²) in [4.78, 5) is 0. The van der Waals surface area contributed by atoms with Crippen molar-refractivity contribution in [1.29, 1.82) is 0 Å². The standard InChI is InChI=1S/C9H12O2/c1-3-4-8-5-6-9(11-8)7(2)10/h3,5-7,10H,1,4H2,2H3/t7-/m1/s1. The van der Waals surface area contributed by atoms with Crippen LogP contribution in [0.4, 0.5) is 0 Å². The molecule has 1 aromatic heterocycles. The van der Waals surface area contributed by atoms with E-state index in [1.165, 1.54) is 0 Å². The van der Waals surface area contributed by atoms with Gasteiger partial charge in [0.1, 0.15) is 17.6 Å². The number of furan rings is 1. The van der Waals surface area contributed by atoms with Crippen molar-refractivity contribution in [3.63, 3.8) is 0 Å². The van der Waals surface area contributed by atoms with E-state index in [0.29, 0.717) is 12.2 Å². The van der Waals surface area contributed by atoms with E-state index in [-0.39, 0.29) is 0 Å². The van der Waals surface area contributed by atoms with Gasteiger partial charge < -0.3 is 9.52 Å². The first kappa shape index (κ1) is 8.08. The molecule has 0 aliphatic carbocycles. The normalized spacial score (nSPS) is 12.9. The predicted octanol–water partition coefficient (Wildman–Crippen LogP) is 2.06. The third-order valence-electron chi connectivity index (χ3n) is 1.44. The molecule has 1 aromatic rings. The van der Waals surface area contributed by atoms with Crippen LogP contribution in [0.15, 0.2) is 29.2 Å². The summed E-state index contributed by atoms with van der Waals surface area (Å²) < 4.78 is 5.26. The maximum Gasteiger partial charge on any atom is 0.132 e. The van der Waals surface area contributed by atoms with E-state index >= 15 is 0 Å². The Hall–Kier alpha value is -1.02. The summed E-state index contributed by atoms with van der Waals surface area (Å²) in [6.07, 6.45) is 1.96. The summed E-state index contributed by atoms with van der Waals surface area (Å²) in [6, 6.07) is 3.63. The fraction of sp³-hybridized carbons (Fsp3) is 0.333. The zero-order chi connectivity index (χ0) is 8.27. The van der Waals surface area contributed by atoms with Crippen molar-refractivity contribution in [2.75, 3.05) is 0 Å². The smallest absolute Gasteiger partial charge is 0.132 e. The maximum atomic E-state index is 9.09. The van der Waals surface area contributed by atoms with E-state index in [9.17, 15) is 0 Å². The highest BCUT2D eigenvalue weighted by Crippen LogP contribution is 2.15. The lowest BCUT2D eigenvalue weighted by Gasteiger charge is -1.96. The first-order valence-corrected chi connectivity index (χ1v) is 3.61. The molecule has 0 saturated heterocycles. The Bertz CT molecular complexity index is 235. The van der Waals surface area contributed by atoms with Gasteiger partial charge in [-0.25, -0.2) is 0 Å². The molecule has 0 bridgehead atoms.